The van der Waals surface area contributed by atoms with Crippen LogP contribution in [0.1, 0.15) is 18.9 Å². The third-order valence-electron chi connectivity index (χ3n) is 4.83. The first-order chi connectivity index (χ1) is 14.0. The molecule has 164 valence electrons. The number of aliphatic imine (C=N–C) groups is 1. The van der Waals surface area contributed by atoms with Crippen molar-refractivity contribution >= 4 is 41.4 Å². The zero-order valence-electron chi connectivity index (χ0n) is 17.5. The lowest BCUT2D eigenvalue weighted by molar-refractivity contribution is 0.576. The van der Waals surface area contributed by atoms with E-state index in [0.29, 0.717) is 25.6 Å². The summed E-state index contributed by atoms with van der Waals surface area (Å²) in [6.07, 6.45) is 2.54. The lowest BCUT2D eigenvalue weighted by atomic mass is 10.2. The Labute approximate surface area is 193 Å². The third-order valence-corrected chi connectivity index (χ3v) is 4.83. The predicted octanol–water partition coefficient (Wildman–Crippen LogP) is 3.38. The molecule has 6 nitrogen and oxygen atoms in total. The van der Waals surface area contributed by atoms with Gasteiger partial charge in [0.1, 0.15) is 23.1 Å². The van der Waals surface area contributed by atoms with Crippen LogP contribution >= 0.6 is 24.0 Å². The highest BCUT2D eigenvalue weighted by Crippen LogP contribution is 2.26. The fraction of sp³-hybridized carbons (Fsp3) is 0.429. The minimum atomic E-state index is -0.529. The molecule has 0 radical (unpaired) electrons. The molecule has 1 aromatic carbocycles. The molecule has 2 heterocycles. The second kappa shape index (κ2) is 11.3. The second-order valence-corrected chi connectivity index (χ2v) is 7.22. The number of nitrogens with zero attached hydrogens (tertiary/aromatic N) is 4. The average Bonchev–Trinajstić information content (AvgIpc) is 3.14. The van der Waals surface area contributed by atoms with Gasteiger partial charge in [0.05, 0.1) is 6.54 Å². The Bertz CT molecular complexity index is 841. The van der Waals surface area contributed by atoms with Gasteiger partial charge in [0.25, 0.3) is 0 Å². The van der Waals surface area contributed by atoms with Crippen LogP contribution in [-0.2, 0) is 6.54 Å². The number of aromatic nitrogens is 1. The van der Waals surface area contributed by atoms with Crippen LogP contribution in [0.3, 0.4) is 0 Å². The van der Waals surface area contributed by atoms with Crippen LogP contribution in [0.15, 0.2) is 41.5 Å². The minimum Gasteiger partial charge on any atom is -0.365 e. The van der Waals surface area contributed by atoms with Crippen molar-refractivity contribution in [3.8, 4) is 0 Å². The topological polar surface area (TPSA) is 55.8 Å². The maximum absolute atomic E-state index is 14.1. The molecule has 1 aromatic heterocycles. The summed E-state index contributed by atoms with van der Waals surface area (Å²) in [4.78, 5) is 12.8. The molecule has 2 aromatic rings. The summed E-state index contributed by atoms with van der Waals surface area (Å²) in [6.45, 7) is 4.30. The van der Waals surface area contributed by atoms with Gasteiger partial charge < -0.3 is 20.4 Å². The maximum Gasteiger partial charge on any atom is 0.191 e. The van der Waals surface area contributed by atoms with Crippen LogP contribution in [0.2, 0.25) is 0 Å². The Balaban J connectivity index is 0.00000320. The van der Waals surface area contributed by atoms with Crippen molar-refractivity contribution in [2.45, 2.75) is 25.9 Å². The van der Waals surface area contributed by atoms with E-state index in [1.54, 1.807) is 11.1 Å². The molecule has 0 spiro atoms. The quantitative estimate of drug-likeness (QED) is 0.341. The molecule has 0 bridgehead atoms. The molecule has 3 rings (SSSR count). The van der Waals surface area contributed by atoms with Gasteiger partial charge in [-0.05, 0) is 31.5 Å². The number of hydrogen-bond acceptors (Lipinski definition) is 4. The average molecular weight is 530 g/mol. The standard InChI is InChI=1S/C21H28F2N6.HI/c1-4-24-21(26-13-15-7-6-11-25-20(15)28(2)3)27-16-10-12-29(14-16)19-17(22)8-5-9-18(19)23;/h5-9,11,16H,4,10,12-14H2,1-3H3,(H2,24,26,27);1H. The van der Waals surface area contributed by atoms with E-state index in [1.165, 1.54) is 18.2 Å². The van der Waals surface area contributed by atoms with Crippen molar-refractivity contribution < 1.29 is 8.78 Å². The van der Waals surface area contributed by atoms with Crippen molar-refractivity contribution in [3.63, 3.8) is 0 Å². The molecule has 1 saturated heterocycles. The van der Waals surface area contributed by atoms with E-state index in [1.807, 2.05) is 38.1 Å². The Morgan fingerprint density at radius 1 is 1.23 bits per heavy atom. The molecule has 1 aliphatic heterocycles. The highest BCUT2D eigenvalue weighted by Gasteiger charge is 2.27. The van der Waals surface area contributed by atoms with Gasteiger partial charge in [0.2, 0.25) is 0 Å². The Morgan fingerprint density at radius 3 is 2.63 bits per heavy atom. The molecular formula is C21H29F2IN6. The minimum absolute atomic E-state index is 0. The smallest absolute Gasteiger partial charge is 0.191 e. The summed E-state index contributed by atoms with van der Waals surface area (Å²) in [7, 11) is 3.90. The van der Waals surface area contributed by atoms with Gasteiger partial charge >= 0.3 is 0 Å². The molecule has 1 aliphatic rings. The van der Waals surface area contributed by atoms with Crippen molar-refractivity contribution in [1.82, 2.24) is 15.6 Å². The Morgan fingerprint density at radius 2 is 1.97 bits per heavy atom. The zero-order chi connectivity index (χ0) is 20.8. The summed E-state index contributed by atoms with van der Waals surface area (Å²) in [6, 6.07) is 7.93. The highest BCUT2D eigenvalue weighted by molar-refractivity contribution is 14.0. The van der Waals surface area contributed by atoms with Gasteiger partial charge in [-0.25, -0.2) is 18.8 Å². The number of halogens is 3. The van der Waals surface area contributed by atoms with Crippen LogP contribution in [0.5, 0.6) is 0 Å². The number of para-hydroxylation sites is 1. The Hall–Kier alpha value is -2.17. The monoisotopic (exact) mass is 530 g/mol. The summed E-state index contributed by atoms with van der Waals surface area (Å²) in [5.41, 5.74) is 1.07. The van der Waals surface area contributed by atoms with Crippen molar-refractivity contribution in [1.29, 1.82) is 0 Å². The first kappa shape index (κ1) is 24.1. The van der Waals surface area contributed by atoms with E-state index >= 15 is 0 Å². The molecular weight excluding hydrogens is 501 g/mol. The largest absolute Gasteiger partial charge is 0.365 e. The highest BCUT2D eigenvalue weighted by atomic mass is 127. The number of benzene rings is 1. The maximum atomic E-state index is 14.1. The summed E-state index contributed by atoms with van der Waals surface area (Å²) in [5.74, 6) is 0.508. The van der Waals surface area contributed by atoms with E-state index in [0.717, 1.165) is 24.3 Å². The summed E-state index contributed by atoms with van der Waals surface area (Å²) in [5, 5.41) is 6.64. The second-order valence-electron chi connectivity index (χ2n) is 7.22. The first-order valence-corrected chi connectivity index (χ1v) is 9.84. The molecule has 1 fully saturated rings. The van der Waals surface area contributed by atoms with Crippen LogP contribution in [0.4, 0.5) is 20.3 Å². The van der Waals surface area contributed by atoms with Gasteiger partial charge in [-0.2, -0.15) is 0 Å². The van der Waals surface area contributed by atoms with Crippen molar-refractivity contribution in [2.24, 2.45) is 4.99 Å². The summed E-state index contributed by atoms with van der Waals surface area (Å²) < 4.78 is 28.2. The number of anilines is 2. The SMILES string of the molecule is CCNC(=NCc1cccnc1N(C)C)NC1CCN(c2c(F)cccc2F)C1.I. The van der Waals surface area contributed by atoms with Gasteiger partial charge in [0, 0.05) is 51.5 Å². The molecule has 0 aliphatic carbocycles. The molecule has 9 heteroatoms. The zero-order valence-corrected chi connectivity index (χ0v) is 19.9. The molecule has 2 N–H and O–H groups in total. The normalized spacial score (nSPS) is 16.2. The number of nitrogens with one attached hydrogen (secondary N) is 2. The molecule has 30 heavy (non-hydrogen) atoms. The first-order valence-electron chi connectivity index (χ1n) is 9.84. The fourth-order valence-electron chi connectivity index (χ4n) is 3.51. The van der Waals surface area contributed by atoms with Crippen molar-refractivity contribution in [3.05, 3.63) is 53.7 Å². The third kappa shape index (κ3) is 5.93. The lowest BCUT2D eigenvalue weighted by Gasteiger charge is -2.21. The van der Waals surface area contributed by atoms with E-state index in [-0.39, 0.29) is 35.7 Å². The number of guanidine groups is 1. The van der Waals surface area contributed by atoms with Crippen LogP contribution < -0.4 is 20.4 Å². The fourth-order valence-corrected chi connectivity index (χ4v) is 3.51. The molecule has 0 saturated carbocycles. The van der Waals surface area contributed by atoms with Gasteiger partial charge in [0.15, 0.2) is 5.96 Å². The van der Waals surface area contributed by atoms with E-state index in [4.69, 9.17) is 0 Å². The van der Waals surface area contributed by atoms with Crippen molar-refractivity contribution in [2.75, 3.05) is 43.5 Å². The lowest BCUT2D eigenvalue weighted by Crippen LogP contribution is -2.44. The number of pyridine rings is 1. The predicted molar refractivity (Wildman–Crippen MR) is 129 cm³/mol. The van der Waals surface area contributed by atoms with Crippen LogP contribution in [0.25, 0.3) is 0 Å². The van der Waals surface area contributed by atoms with E-state index < -0.39 is 11.6 Å². The van der Waals surface area contributed by atoms with Gasteiger partial charge in [-0.15, -0.1) is 24.0 Å². The molecule has 1 unspecified atom stereocenters. The molecule has 0 amide bonds. The van der Waals surface area contributed by atoms with Gasteiger partial charge in [-0.3, -0.25) is 0 Å². The molecule has 1 atom stereocenters. The van der Waals surface area contributed by atoms with Gasteiger partial charge in [-0.1, -0.05) is 12.1 Å². The number of hydrogen-bond donors (Lipinski definition) is 2. The van der Waals surface area contributed by atoms with Crippen LogP contribution in [-0.4, -0.2) is 50.7 Å². The van der Waals surface area contributed by atoms with E-state index in [9.17, 15) is 8.78 Å². The van der Waals surface area contributed by atoms with Crippen LogP contribution in [0, 0.1) is 11.6 Å². The number of rotatable bonds is 6. The summed E-state index contributed by atoms with van der Waals surface area (Å²) >= 11 is 0. The van der Waals surface area contributed by atoms with E-state index in [2.05, 4.69) is 20.6 Å². The Kier molecular flexibility index (Phi) is 9.07.